The van der Waals surface area contributed by atoms with E-state index < -0.39 is 40.2 Å². The number of ether oxygens (including phenoxy) is 4. The summed E-state index contributed by atoms with van der Waals surface area (Å²) < 4.78 is 64.6. The molecule has 238 valence electrons. The molecule has 0 aliphatic heterocycles. The number of amides is 2. The van der Waals surface area contributed by atoms with Crippen molar-refractivity contribution in [3.05, 3.63) is 72.0 Å². The van der Waals surface area contributed by atoms with E-state index in [0.717, 1.165) is 4.31 Å². The van der Waals surface area contributed by atoms with Crippen molar-refractivity contribution in [2.24, 2.45) is 0 Å². The number of nitrogens with one attached hydrogen (secondary N) is 1. The molecule has 13 heteroatoms. The Morgan fingerprint density at radius 1 is 0.864 bits per heavy atom. The molecule has 0 radical (unpaired) electrons. The molecule has 0 unspecified atom stereocenters. The Balaban J connectivity index is 2.15. The Morgan fingerprint density at radius 2 is 1.50 bits per heavy atom. The van der Waals surface area contributed by atoms with Gasteiger partial charge in [-0.1, -0.05) is 19.1 Å². The highest BCUT2D eigenvalue weighted by Gasteiger charge is 2.34. The van der Waals surface area contributed by atoms with Gasteiger partial charge in [-0.05, 0) is 55.3 Å². The average molecular weight is 632 g/mol. The average Bonchev–Trinajstić information content (AvgIpc) is 3.04. The van der Waals surface area contributed by atoms with E-state index in [1.165, 1.54) is 87.9 Å². The number of sulfonamides is 1. The molecule has 1 atom stereocenters. The number of carbonyl (C=O) groups is 2. The zero-order chi connectivity index (χ0) is 32.4. The van der Waals surface area contributed by atoms with Crippen LogP contribution in [-0.2, 0) is 26.2 Å². The number of carbonyl (C=O) groups excluding carboxylic acids is 2. The zero-order valence-corrected chi connectivity index (χ0v) is 26.4. The molecule has 2 amide bonds. The Kier molecular flexibility index (Phi) is 11.8. The fraction of sp³-hybridized carbons (Fsp3) is 0.355. The van der Waals surface area contributed by atoms with Gasteiger partial charge in [0.05, 0.1) is 39.0 Å². The largest absolute Gasteiger partial charge is 0.497 e. The third-order valence-corrected chi connectivity index (χ3v) is 8.62. The van der Waals surface area contributed by atoms with Crippen molar-refractivity contribution >= 4 is 27.5 Å². The van der Waals surface area contributed by atoms with Crippen LogP contribution in [0.5, 0.6) is 23.0 Å². The summed E-state index contributed by atoms with van der Waals surface area (Å²) in [5.74, 6) is -0.629. The van der Waals surface area contributed by atoms with Gasteiger partial charge >= 0.3 is 0 Å². The Morgan fingerprint density at radius 3 is 2.09 bits per heavy atom. The molecule has 3 aromatic rings. The van der Waals surface area contributed by atoms with Crippen molar-refractivity contribution in [3.63, 3.8) is 0 Å². The van der Waals surface area contributed by atoms with Gasteiger partial charge in [0.1, 0.15) is 29.9 Å². The van der Waals surface area contributed by atoms with Gasteiger partial charge in [-0.25, -0.2) is 12.8 Å². The summed E-state index contributed by atoms with van der Waals surface area (Å²) in [7, 11) is 1.12. The van der Waals surface area contributed by atoms with E-state index in [9.17, 15) is 22.4 Å². The highest BCUT2D eigenvalue weighted by molar-refractivity contribution is 7.92. The van der Waals surface area contributed by atoms with Gasteiger partial charge < -0.3 is 29.2 Å². The molecule has 11 nitrogen and oxygen atoms in total. The predicted octanol–water partition coefficient (Wildman–Crippen LogP) is 4.00. The summed E-state index contributed by atoms with van der Waals surface area (Å²) in [6, 6.07) is 13.1. The van der Waals surface area contributed by atoms with Crippen LogP contribution in [0.4, 0.5) is 10.1 Å². The third kappa shape index (κ3) is 7.90. The molecule has 0 bridgehead atoms. The molecule has 0 saturated carbocycles. The zero-order valence-electron chi connectivity index (χ0n) is 25.6. The number of hydrogen-bond donors (Lipinski definition) is 1. The summed E-state index contributed by atoms with van der Waals surface area (Å²) in [6.45, 7) is 3.03. The normalized spacial score (nSPS) is 11.7. The van der Waals surface area contributed by atoms with Crippen molar-refractivity contribution in [1.82, 2.24) is 10.2 Å². The van der Waals surface area contributed by atoms with Crippen molar-refractivity contribution in [1.29, 1.82) is 0 Å². The summed E-state index contributed by atoms with van der Waals surface area (Å²) in [5, 5.41) is 2.77. The van der Waals surface area contributed by atoms with Crippen LogP contribution in [0.25, 0.3) is 0 Å². The molecule has 1 N–H and O–H groups in total. The molecule has 0 aliphatic carbocycles. The maximum Gasteiger partial charge on any atom is 0.265 e. The van der Waals surface area contributed by atoms with Crippen LogP contribution in [0.1, 0.15) is 25.8 Å². The highest BCUT2D eigenvalue weighted by atomic mass is 32.2. The maximum atomic E-state index is 14.3. The van der Waals surface area contributed by atoms with Crippen LogP contribution in [0.15, 0.2) is 65.6 Å². The minimum atomic E-state index is -4.47. The quantitative estimate of drug-likeness (QED) is 0.267. The molecule has 0 aromatic heterocycles. The molecule has 0 fully saturated rings. The van der Waals surface area contributed by atoms with Gasteiger partial charge in [0.2, 0.25) is 11.8 Å². The highest BCUT2D eigenvalue weighted by Crippen LogP contribution is 2.37. The lowest BCUT2D eigenvalue weighted by Crippen LogP contribution is -2.51. The Hall–Kier alpha value is -4.52. The molecule has 0 aliphatic rings. The van der Waals surface area contributed by atoms with Crippen molar-refractivity contribution in [2.45, 2.75) is 37.8 Å². The monoisotopic (exact) mass is 631 g/mol. The number of halogens is 1. The molecule has 3 rings (SSSR count). The minimum absolute atomic E-state index is 0.0276. The van der Waals surface area contributed by atoms with Crippen molar-refractivity contribution in [3.8, 4) is 23.0 Å². The van der Waals surface area contributed by atoms with Crippen molar-refractivity contribution < 1.29 is 41.3 Å². The second-order valence-corrected chi connectivity index (χ2v) is 11.5. The number of anilines is 1. The molecule has 3 aromatic carbocycles. The Labute approximate surface area is 257 Å². The number of nitrogens with zero attached hydrogens (tertiary/aromatic N) is 2. The van der Waals surface area contributed by atoms with Crippen LogP contribution < -0.4 is 28.6 Å². The first-order valence-electron chi connectivity index (χ1n) is 13.8. The summed E-state index contributed by atoms with van der Waals surface area (Å²) >= 11 is 0. The fourth-order valence-corrected chi connectivity index (χ4v) is 5.81. The van der Waals surface area contributed by atoms with Gasteiger partial charge in [-0.15, -0.1) is 0 Å². The third-order valence-electron chi connectivity index (χ3n) is 6.86. The lowest BCUT2D eigenvalue weighted by atomic mass is 10.1. The van der Waals surface area contributed by atoms with E-state index in [1.807, 2.05) is 6.92 Å². The van der Waals surface area contributed by atoms with E-state index in [-0.39, 0.29) is 28.6 Å². The van der Waals surface area contributed by atoms with Gasteiger partial charge in [-0.3, -0.25) is 13.9 Å². The second-order valence-electron chi connectivity index (χ2n) is 9.68. The first-order valence-corrected chi connectivity index (χ1v) is 15.2. The first-order chi connectivity index (χ1) is 21.0. The lowest BCUT2D eigenvalue weighted by molar-refractivity contribution is -0.139. The van der Waals surface area contributed by atoms with Crippen LogP contribution >= 0.6 is 0 Å². The number of hydrogen-bond acceptors (Lipinski definition) is 8. The van der Waals surface area contributed by atoms with Crippen LogP contribution in [-0.4, -0.2) is 72.7 Å². The smallest absolute Gasteiger partial charge is 0.265 e. The van der Waals surface area contributed by atoms with E-state index >= 15 is 0 Å². The topological polar surface area (TPSA) is 124 Å². The number of rotatable bonds is 15. The molecular formula is C31H38FN3O8S. The molecule has 44 heavy (non-hydrogen) atoms. The maximum absolute atomic E-state index is 14.3. The van der Waals surface area contributed by atoms with Crippen LogP contribution in [0.3, 0.4) is 0 Å². The Bertz CT molecular complexity index is 1550. The summed E-state index contributed by atoms with van der Waals surface area (Å²) in [4.78, 5) is 28.2. The van der Waals surface area contributed by atoms with E-state index in [2.05, 4.69) is 5.32 Å². The fourth-order valence-electron chi connectivity index (χ4n) is 4.37. The van der Waals surface area contributed by atoms with Gasteiger partial charge in [0, 0.05) is 25.2 Å². The molecule has 0 spiro atoms. The van der Waals surface area contributed by atoms with Crippen LogP contribution in [0, 0.1) is 5.82 Å². The van der Waals surface area contributed by atoms with Gasteiger partial charge in [0.15, 0.2) is 11.5 Å². The summed E-state index contributed by atoms with van der Waals surface area (Å²) in [5.41, 5.74) is 0.572. The van der Waals surface area contributed by atoms with E-state index in [1.54, 1.807) is 13.0 Å². The lowest BCUT2D eigenvalue weighted by Gasteiger charge is -2.32. The predicted molar refractivity (Wildman–Crippen MR) is 163 cm³/mol. The number of methoxy groups -OCH3 is 4. The minimum Gasteiger partial charge on any atom is -0.497 e. The van der Waals surface area contributed by atoms with E-state index in [4.69, 9.17) is 18.9 Å². The number of benzene rings is 3. The molecule has 0 saturated heterocycles. The van der Waals surface area contributed by atoms with Crippen LogP contribution in [0.2, 0.25) is 0 Å². The molecular weight excluding hydrogens is 593 g/mol. The molecule has 0 heterocycles. The first kappa shape index (κ1) is 34.0. The second kappa shape index (κ2) is 15.3. The van der Waals surface area contributed by atoms with E-state index in [0.29, 0.717) is 30.0 Å². The SMILES string of the molecule is CCCNC(=O)[C@@H](C)N(Cc1ccc(F)cc1)C(=O)CN(c1cc(OC)ccc1OC)S(=O)(=O)c1ccc(OC)c(OC)c1. The van der Waals surface area contributed by atoms with Gasteiger partial charge in [-0.2, -0.15) is 0 Å². The van der Waals surface area contributed by atoms with Gasteiger partial charge in [0.25, 0.3) is 10.0 Å². The summed E-state index contributed by atoms with van der Waals surface area (Å²) in [6.07, 6.45) is 0.678. The standard InChI is InChI=1S/C31H38FN3O8S/c1-7-16-33-31(37)21(2)34(19-22-8-10-23(32)11-9-22)30(36)20-35(26-17-24(40-3)12-14-27(26)41-4)44(38,39)25-13-15-28(42-5)29(18-25)43-6/h8-15,17-18,21H,7,16,19-20H2,1-6H3,(H,33,37)/t21-/m1/s1. The van der Waals surface area contributed by atoms with Crippen molar-refractivity contribution in [2.75, 3.05) is 45.8 Å².